The van der Waals surface area contributed by atoms with Crippen LogP contribution in [0.15, 0.2) is 54.6 Å². The summed E-state index contributed by atoms with van der Waals surface area (Å²) >= 11 is 0. The fourth-order valence-electron chi connectivity index (χ4n) is 5.14. The van der Waals surface area contributed by atoms with Gasteiger partial charge in [0, 0.05) is 18.7 Å². The monoisotopic (exact) mass is 458 g/mol. The van der Waals surface area contributed by atoms with E-state index in [1.165, 1.54) is 4.90 Å². The maximum absolute atomic E-state index is 12.8. The lowest BCUT2D eigenvalue weighted by Gasteiger charge is -2.18. The molecule has 2 fully saturated rings. The number of nitrogens with zero attached hydrogens (tertiary/aromatic N) is 2. The Morgan fingerprint density at radius 1 is 0.853 bits per heavy atom. The summed E-state index contributed by atoms with van der Waals surface area (Å²) in [4.78, 5) is 53.7. The molecule has 1 aliphatic carbocycles. The number of hydrogen-bond acceptors (Lipinski definition) is 5. The fraction of sp³-hybridized carbons (Fsp3) is 0.333. The summed E-state index contributed by atoms with van der Waals surface area (Å²) < 4.78 is 5.53. The number of carbonyl (C=O) groups excluding carboxylic acids is 4. The van der Waals surface area contributed by atoms with Crippen LogP contribution >= 0.6 is 0 Å². The summed E-state index contributed by atoms with van der Waals surface area (Å²) in [5, 5.41) is 0. The van der Waals surface area contributed by atoms with Crippen LogP contribution in [0.25, 0.3) is 0 Å². The van der Waals surface area contributed by atoms with Crippen molar-refractivity contribution >= 4 is 35.1 Å². The van der Waals surface area contributed by atoms with Crippen LogP contribution in [0.5, 0.6) is 5.75 Å². The van der Waals surface area contributed by atoms with Gasteiger partial charge in [0.2, 0.25) is 17.7 Å². The maximum atomic E-state index is 12.8. The van der Waals surface area contributed by atoms with Gasteiger partial charge in [0.1, 0.15) is 5.75 Å². The van der Waals surface area contributed by atoms with E-state index in [4.69, 9.17) is 4.74 Å². The zero-order valence-electron chi connectivity index (χ0n) is 19.2. The second kappa shape index (κ2) is 8.56. The van der Waals surface area contributed by atoms with Crippen LogP contribution in [0, 0.1) is 31.6 Å². The van der Waals surface area contributed by atoms with E-state index in [0.29, 0.717) is 24.3 Å². The normalized spacial score (nSPS) is 24.1. The van der Waals surface area contributed by atoms with Crippen molar-refractivity contribution < 1.29 is 23.9 Å². The second-order valence-electron chi connectivity index (χ2n) is 9.33. The molecule has 0 aromatic heterocycles. The van der Waals surface area contributed by atoms with Gasteiger partial charge in [-0.25, -0.2) is 0 Å². The summed E-state index contributed by atoms with van der Waals surface area (Å²) in [6, 6.07) is 12.3. The molecule has 2 heterocycles. The average Bonchev–Trinajstić information content (AvgIpc) is 3.32. The zero-order chi connectivity index (χ0) is 24.0. The highest BCUT2D eigenvalue weighted by Gasteiger charge is 2.47. The first kappa shape index (κ1) is 22.1. The molecule has 0 spiro atoms. The van der Waals surface area contributed by atoms with E-state index in [2.05, 4.69) is 0 Å². The molecule has 7 nitrogen and oxygen atoms in total. The molecule has 5 rings (SSSR count). The third kappa shape index (κ3) is 3.91. The Hall–Kier alpha value is -3.74. The molecule has 7 heteroatoms. The number of esters is 1. The van der Waals surface area contributed by atoms with Gasteiger partial charge in [-0.05, 0) is 74.2 Å². The van der Waals surface area contributed by atoms with E-state index < -0.39 is 11.9 Å². The molecule has 3 amide bonds. The van der Waals surface area contributed by atoms with E-state index >= 15 is 0 Å². The topological polar surface area (TPSA) is 84.0 Å². The fourth-order valence-corrected chi connectivity index (χ4v) is 5.14. The Morgan fingerprint density at radius 2 is 1.44 bits per heavy atom. The number of aryl methyl sites for hydroxylation is 2. The molecule has 3 aliphatic rings. The number of ether oxygens (including phenoxy) is 1. The number of benzene rings is 2. The first-order chi connectivity index (χ1) is 16.3. The molecule has 0 unspecified atom stereocenters. The Balaban J connectivity index is 1.25. The van der Waals surface area contributed by atoms with Crippen molar-refractivity contribution in [2.24, 2.45) is 17.8 Å². The third-order valence-corrected chi connectivity index (χ3v) is 6.80. The van der Waals surface area contributed by atoms with Crippen molar-refractivity contribution in [3.63, 3.8) is 0 Å². The molecule has 34 heavy (non-hydrogen) atoms. The highest BCUT2D eigenvalue weighted by atomic mass is 16.5. The molecule has 0 N–H and O–H groups in total. The minimum Gasteiger partial charge on any atom is -0.426 e. The average molecular weight is 459 g/mol. The van der Waals surface area contributed by atoms with E-state index in [1.807, 2.05) is 44.2 Å². The van der Waals surface area contributed by atoms with Gasteiger partial charge in [0.15, 0.2) is 0 Å². The number of rotatable bonds is 4. The van der Waals surface area contributed by atoms with Gasteiger partial charge in [-0.3, -0.25) is 24.1 Å². The van der Waals surface area contributed by atoms with Crippen molar-refractivity contribution in [2.45, 2.75) is 33.1 Å². The molecular weight excluding hydrogens is 432 g/mol. The largest absolute Gasteiger partial charge is 0.426 e. The number of anilines is 2. The van der Waals surface area contributed by atoms with Gasteiger partial charge in [0.05, 0.1) is 23.4 Å². The molecule has 2 aliphatic heterocycles. The lowest BCUT2D eigenvalue weighted by molar-refractivity contribution is -0.139. The van der Waals surface area contributed by atoms with Crippen LogP contribution < -0.4 is 14.5 Å². The van der Waals surface area contributed by atoms with Crippen LogP contribution in [0.1, 0.15) is 30.4 Å². The van der Waals surface area contributed by atoms with Crippen molar-refractivity contribution in [1.82, 2.24) is 0 Å². The number of allylic oxidation sites excluding steroid dienone is 2. The Labute approximate surface area is 198 Å². The quantitative estimate of drug-likeness (QED) is 0.302. The number of imide groups is 1. The summed E-state index contributed by atoms with van der Waals surface area (Å²) in [6.45, 7) is 4.22. The number of fused-ring (bicyclic) bond motifs is 1. The molecular formula is C27H26N2O5. The number of carbonyl (C=O) groups is 4. The summed E-state index contributed by atoms with van der Waals surface area (Å²) in [5.41, 5.74) is 3.37. The lowest BCUT2D eigenvalue weighted by Crippen LogP contribution is -2.30. The van der Waals surface area contributed by atoms with E-state index in [9.17, 15) is 19.2 Å². The molecule has 174 valence electrons. The van der Waals surface area contributed by atoms with Gasteiger partial charge in [0.25, 0.3) is 0 Å². The van der Waals surface area contributed by atoms with Gasteiger partial charge in [-0.15, -0.1) is 0 Å². The Bertz CT molecular complexity index is 1170. The number of amides is 3. The van der Waals surface area contributed by atoms with Gasteiger partial charge in [-0.1, -0.05) is 18.2 Å². The predicted octanol–water partition coefficient (Wildman–Crippen LogP) is 3.72. The van der Waals surface area contributed by atoms with Crippen molar-refractivity contribution in [3.8, 4) is 5.75 Å². The second-order valence-corrected chi connectivity index (χ2v) is 9.33. The van der Waals surface area contributed by atoms with E-state index in [-0.39, 0.29) is 42.5 Å². The molecule has 2 saturated heterocycles. The molecule has 0 saturated carbocycles. The zero-order valence-corrected chi connectivity index (χ0v) is 19.2. The van der Waals surface area contributed by atoms with Gasteiger partial charge < -0.3 is 9.64 Å². The van der Waals surface area contributed by atoms with E-state index in [1.54, 1.807) is 29.2 Å². The standard InChI is InChI=1S/C27H26N2O5/c1-16-11-17(2)13-20(12-16)28-15-18(14-24(28)30)27(33)34-21-9-7-19(8-10-21)29-25(31)22-5-3-4-6-23(22)26(29)32/h3-4,7-13,18,22-23H,5-6,14-15H2,1-2H3/t18-,22+,23+/m1/s1. The van der Waals surface area contributed by atoms with Crippen molar-refractivity contribution in [1.29, 1.82) is 0 Å². The molecule has 0 bridgehead atoms. The molecule has 2 aromatic rings. The van der Waals surface area contributed by atoms with E-state index in [0.717, 1.165) is 16.8 Å². The smallest absolute Gasteiger partial charge is 0.316 e. The van der Waals surface area contributed by atoms with Gasteiger partial charge in [-0.2, -0.15) is 0 Å². The minimum absolute atomic E-state index is 0.0947. The molecule has 2 aromatic carbocycles. The van der Waals surface area contributed by atoms with Gasteiger partial charge >= 0.3 is 5.97 Å². The first-order valence-corrected chi connectivity index (χ1v) is 11.5. The third-order valence-electron chi connectivity index (χ3n) is 6.80. The Kier molecular flexibility index (Phi) is 5.55. The summed E-state index contributed by atoms with van der Waals surface area (Å²) in [5.74, 6) is -1.79. The predicted molar refractivity (Wildman–Crippen MR) is 126 cm³/mol. The lowest BCUT2D eigenvalue weighted by atomic mass is 9.85. The van der Waals surface area contributed by atoms with Crippen LogP contribution in [-0.2, 0) is 19.2 Å². The highest BCUT2D eigenvalue weighted by molar-refractivity contribution is 6.22. The summed E-state index contributed by atoms with van der Waals surface area (Å²) in [6.07, 6.45) is 5.17. The summed E-state index contributed by atoms with van der Waals surface area (Å²) in [7, 11) is 0. The highest BCUT2D eigenvalue weighted by Crippen LogP contribution is 2.38. The van der Waals surface area contributed by atoms with Crippen molar-refractivity contribution in [3.05, 3.63) is 65.7 Å². The van der Waals surface area contributed by atoms with Crippen LogP contribution in [0.2, 0.25) is 0 Å². The molecule has 3 atom stereocenters. The van der Waals surface area contributed by atoms with Crippen LogP contribution in [-0.4, -0.2) is 30.2 Å². The Morgan fingerprint density at radius 3 is 2.03 bits per heavy atom. The van der Waals surface area contributed by atoms with Crippen LogP contribution in [0.4, 0.5) is 11.4 Å². The van der Waals surface area contributed by atoms with Crippen LogP contribution in [0.3, 0.4) is 0 Å². The SMILES string of the molecule is Cc1cc(C)cc(N2C[C@H](C(=O)Oc3ccc(N4C(=O)[C@H]5CC=CC[C@@H]5C4=O)cc3)CC2=O)c1. The van der Waals surface area contributed by atoms with Crippen molar-refractivity contribution in [2.75, 3.05) is 16.3 Å². The maximum Gasteiger partial charge on any atom is 0.316 e. The number of hydrogen-bond donors (Lipinski definition) is 0. The first-order valence-electron chi connectivity index (χ1n) is 11.5. The minimum atomic E-state index is -0.564. The molecule has 0 radical (unpaired) electrons.